The standard InChI is InChI=1S/C22H25FN4O.C6H8.C4H8.C2H6S/c23-20-12-10-19(11-13-20)16-24-22(28)9-5-4-8-21-26-25-17-27(21)15-14-18-6-2-1-3-7-18;1-3-5-6-4-2;1-3-4-2;1-3-2/h1-3,6-7,10-13,17H,4-5,8-9,14-16H2,(H,24,28);1,4,6H,5H2,2H3;3-4H,1-2H3;1-2H3/b;6-4+;4-3-;. The number of aromatic nitrogens is 3. The van der Waals surface area contributed by atoms with Gasteiger partial charge in [-0.25, -0.2) is 4.39 Å². The second-order valence-electron chi connectivity index (χ2n) is 8.84. The Hall–Kier alpha value is -3.63. The maximum absolute atomic E-state index is 12.9. The van der Waals surface area contributed by atoms with E-state index in [-0.39, 0.29) is 11.7 Å². The zero-order valence-corrected chi connectivity index (χ0v) is 26.2. The quantitative estimate of drug-likeness (QED) is 0.143. The molecule has 1 N–H and O–H groups in total. The van der Waals surface area contributed by atoms with Gasteiger partial charge < -0.3 is 9.88 Å². The van der Waals surface area contributed by atoms with Crippen LogP contribution in [0.2, 0.25) is 0 Å². The van der Waals surface area contributed by atoms with Crippen LogP contribution in [-0.2, 0) is 30.7 Å². The number of unbranched alkanes of at least 4 members (excludes halogenated alkanes) is 1. The lowest BCUT2D eigenvalue weighted by molar-refractivity contribution is -0.121. The third-order valence-electron chi connectivity index (χ3n) is 5.44. The summed E-state index contributed by atoms with van der Waals surface area (Å²) in [5, 5.41) is 11.1. The highest BCUT2D eigenvalue weighted by atomic mass is 32.2. The van der Waals surface area contributed by atoms with E-state index >= 15 is 0 Å². The lowest BCUT2D eigenvalue weighted by Gasteiger charge is -2.07. The highest BCUT2D eigenvalue weighted by Gasteiger charge is 2.06. The summed E-state index contributed by atoms with van der Waals surface area (Å²) < 4.78 is 15.0. The van der Waals surface area contributed by atoms with Crippen molar-refractivity contribution < 1.29 is 9.18 Å². The molecule has 1 heterocycles. The molecule has 0 radical (unpaired) electrons. The lowest BCUT2D eigenvalue weighted by Crippen LogP contribution is -2.22. The largest absolute Gasteiger partial charge is 0.352 e. The van der Waals surface area contributed by atoms with E-state index in [2.05, 4.69) is 38.1 Å². The molecule has 0 aliphatic heterocycles. The zero-order valence-electron chi connectivity index (χ0n) is 25.4. The average molecular weight is 579 g/mol. The van der Waals surface area contributed by atoms with Crippen molar-refractivity contribution in [1.82, 2.24) is 20.1 Å². The Morgan fingerprint density at radius 1 is 0.976 bits per heavy atom. The van der Waals surface area contributed by atoms with Crippen LogP contribution in [0.3, 0.4) is 0 Å². The molecule has 0 unspecified atom stereocenters. The van der Waals surface area contributed by atoms with E-state index in [9.17, 15) is 9.18 Å². The number of carbonyl (C=O) groups excluding carboxylic acids is 1. The number of nitrogens with one attached hydrogen (secondary N) is 1. The van der Waals surface area contributed by atoms with Gasteiger partial charge in [-0.05, 0) is 75.8 Å². The Morgan fingerprint density at radius 3 is 2.20 bits per heavy atom. The number of thioether (sulfide) groups is 1. The fourth-order valence-corrected chi connectivity index (χ4v) is 3.20. The first kappa shape index (κ1) is 37.4. The summed E-state index contributed by atoms with van der Waals surface area (Å²) in [6.07, 6.45) is 23.3. The molecule has 41 heavy (non-hydrogen) atoms. The molecule has 3 aromatic rings. The van der Waals surface area contributed by atoms with Crippen LogP contribution < -0.4 is 5.32 Å². The van der Waals surface area contributed by atoms with Crippen molar-refractivity contribution in [3.8, 4) is 12.3 Å². The number of rotatable bonds is 11. The predicted octanol–water partition coefficient (Wildman–Crippen LogP) is 7.84. The van der Waals surface area contributed by atoms with E-state index in [4.69, 9.17) is 6.42 Å². The normalized spacial score (nSPS) is 9.98. The summed E-state index contributed by atoms with van der Waals surface area (Å²) in [5.74, 6) is 3.18. The first-order chi connectivity index (χ1) is 19.9. The summed E-state index contributed by atoms with van der Waals surface area (Å²) >= 11 is 1.75. The van der Waals surface area contributed by atoms with Gasteiger partial charge in [-0.3, -0.25) is 4.79 Å². The third-order valence-corrected chi connectivity index (χ3v) is 5.44. The molecule has 0 spiro atoms. The Balaban J connectivity index is 0.00000103. The van der Waals surface area contributed by atoms with Crippen LogP contribution >= 0.6 is 11.8 Å². The predicted molar refractivity (Wildman–Crippen MR) is 174 cm³/mol. The average Bonchev–Trinajstić information content (AvgIpc) is 3.45. The molecule has 3 rings (SSSR count). The SMILES string of the molecule is C#CC/C=C/C.C/C=C\C.CSC.O=C(CCCCc1nncn1CCc1ccccc1)NCc1ccc(F)cc1. The van der Waals surface area contributed by atoms with Gasteiger partial charge in [-0.2, -0.15) is 11.8 Å². The topological polar surface area (TPSA) is 59.8 Å². The van der Waals surface area contributed by atoms with Gasteiger partial charge in [0, 0.05) is 32.4 Å². The van der Waals surface area contributed by atoms with Crippen molar-refractivity contribution in [2.75, 3.05) is 12.5 Å². The molecule has 0 aliphatic carbocycles. The molecule has 7 heteroatoms. The summed E-state index contributed by atoms with van der Waals surface area (Å²) in [4.78, 5) is 12.0. The summed E-state index contributed by atoms with van der Waals surface area (Å²) in [7, 11) is 0. The monoisotopic (exact) mass is 578 g/mol. The van der Waals surface area contributed by atoms with E-state index in [1.807, 2.05) is 75.8 Å². The Kier molecular flexibility index (Phi) is 24.2. The second-order valence-corrected chi connectivity index (χ2v) is 9.66. The second kappa shape index (κ2) is 26.6. The van der Waals surface area contributed by atoms with Gasteiger partial charge in [-0.1, -0.05) is 66.8 Å². The molecule has 2 aromatic carbocycles. The van der Waals surface area contributed by atoms with Gasteiger partial charge >= 0.3 is 0 Å². The van der Waals surface area contributed by atoms with Crippen molar-refractivity contribution in [1.29, 1.82) is 0 Å². The Morgan fingerprint density at radius 2 is 1.63 bits per heavy atom. The van der Waals surface area contributed by atoms with Crippen LogP contribution in [-0.4, -0.2) is 33.2 Å². The van der Waals surface area contributed by atoms with E-state index < -0.39 is 0 Å². The van der Waals surface area contributed by atoms with Crippen LogP contribution in [0, 0.1) is 18.2 Å². The van der Waals surface area contributed by atoms with Gasteiger partial charge in [0.25, 0.3) is 0 Å². The van der Waals surface area contributed by atoms with Gasteiger partial charge in [0.05, 0.1) is 0 Å². The number of halogens is 1. The van der Waals surface area contributed by atoms with Crippen molar-refractivity contribution in [2.24, 2.45) is 0 Å². The number of amides is 1. The molecule has 0 saturated heterocycles. The molecule has 0 fully saturated rings. The van der Waals surface area contributed by atoms with E-state index in [1.54, 1.807) is 30.2 Å². The number of aryl methyl sites for hydroxylation is 3. The van der Waals surface area contributed by atoms with Gasteiger partial charge in [0.1, 0.15) is 18.0 Å². The van der Waals surface area contributed by atoms with E-state index in [0.29, 0.717) is 13.0 Å². The number of hydrogen-bond donors (Lipinski definition) is 1. The van der Waals surface area contributed by atoms with Crippen molar-refractivity contribution >= 4 is 17.7 Å². The molecule has 0 aliphatic rings. The van der Waals surface area contributed by atoms with Crippen LogP contribution in [0.5, 0.6) is 0 Å². The summed E-state index contributed by atoms with van der Waals surface area (Å²) in [6, 6.07) is 16.5. The fourth-order valence-electron chi connectivity index (χ4n) is 3.20. The molecule has 0 saturated carbocycles. The van der Waals surface area contributed by atoms with Crippen LogP contribution in [0.1, 0.15) is 63.4 Å². The molecule has 0 atom stereocenters. The minimum Gasteiger partial charge on any atom is -0.352 e. The first-order valence-electron chi connectivity index (χ1n) is 13.9. The van der Waals surface area contributed by atoms with Gasteiger partial charge in [0.2, 0.25) is 5.91 Å². The van der Waals surface area contributed by atoms with Crippen LogP contribution in [0.4, 0.5) is 4.39 Å². The highest BCUT2D eigenvalue weighted by Crippen LogP contribution is 2.08. The van der Waals surface area contributed by atoms with Crippen molar-refractivity contribution in [3.63, 3.8) is 0 Å². The molecule has 1 aromatic heterocycles. The Labute approximate surface area is 251 Å². The van der Waals surface area contributed by atoms with Gasteiger partial charge in [-0.15, -0.1) is 22.5 Å². The highest BCUT2D eigenvalue weighted by molar-refractivity contribution is 7.97. The molecule has 1 amide bonds. The minimum atomic E-state index is -0.272. The summed E-state index contributed by atoms with van der Waals surface area (Å²) in [6.45, 7) is 7.23. The van der Waals surface area contributed by atoms with E-state index in [0.717, 1.165) is 50.0 Å². The minimum absolute atomic E-state index is 0.00914. The number of carbonyl (C=O) groups is 1. The molecule has 5 nitrogen and oxygen atoms in total. The molecular weight excluding hydrogens is 531 g/mol. The maximum atomic E-state index is 12.9. The molecular formula is C34H47FN4OS. The molecule has 0 bridgehead atoms. The smallest absolute Gasteiger partial charge is 0.220 e. The van der Waals surface area contributed by atoms with Gasteiger partial charge in [0.15, 0.2) is 0 Å². The zero-order chi connectivity index (χ0) is 30.6. The lowest BCUT2D eigenvalue weighted by atomic mass is 10.1. The number of nitrogens with zero attached hydrogens (tertiary/aromatic N) is 3. The number of allylic oxidation sites excluding steroid dienone is 4. The van der Waals surface area contributed by atoms with Crippen molar-refractivity contribution in [2.45, 2.75) is 72.4 Å². The summed E-state index contributed by atoms with van der Waals surface area (Å²) in [5.41, 5.74) is 2.18. The fraction of sp³-hybridized carbons (Fsp3) is 0.382. The molecule has 222 valence electrons. The van der Waals surface area contributed by atoms with Crippen LogP contribution in [0.25, 0.3) is 0 Å². The number of hydrogen-bond acceptors (Lipinski definition) is 4. The maximum Gasteiger partial charge on any atom is 0.220 e. The number of benzene rings is 2. The number of terminal acetylenes is 1. The van der Waals surface area contributed by atoms with E-state index in [1.165, 1.54) is 17.7 Å². The Bertz CT molecular complexity index is 1130. The first-order valence-corrected chi connectivity index (χ1v) is 15.5. The van der Waals surface area contributed by atoms with Crippen LogP contribution in [0.15, 0.2) is 85.2 Å². The third kappa shape index (κ3) is 20.9. The van der Waals surface area contributed by atoms with Crippen molar-refractivity contribution in [3.05, 3.63) is 108 Å².